The smallest absolute Gasteiger partial charge is 0.0486 e. The van der Waals surface area contributed by atoms with Crippen molar-refractivity contribution < 1.29 is 0 Å². The van der Waals surface area contributed by atoms with Gasteiger partial charge in [-0.25, -0.2) is 0 Å². The molecule has 6 heterocycles. The van der Waals surface area contributed by atoms with Crippen molar-refractivity contribution in [3.63, 3.8) is 0 Å². The third-order valence-corrected chi connectivity index (χ3v) is 12.1. The average Bonchev–Trinajstić information content (AvgIpc) is 3.82. The Labute approximate surface area is 307 Å². The van der Waals surface area contributed by atoms with Crippen LogP contribution in [-0.4, -0.2) is 57.9 Å². The van der Waals surface area contributed by atoms with Crippen molar-refractivity contribution in [1.29, 1.82) is 0 Å². The second kappa shape index (κ2) is 14.1. The average molecular weight is 690 g/mol. The standard InChI is InChI=1S/C45H51N7/c1-31-40-28-50-25-34(37-10-4-7-13-43(37)50)22-46-16-19-49-20-17-47-23-35-26-51(44-14-8-5-11-38(35)44)29-41(31)33(3)42(32(40)2)30-52-27-36(24-48-18-21-49)39-12-6-9-15-45(39)52/h4-15,25-27,46-48H,16-24,28-30H2,1-3H3. The fraction of sp³-hybridized carbons (Fsp3) is 0.333. The molecule has 0 amide bonds. The lowest BCUT2D eigenvalue weighted by Gasteiger charge is -2.24. The highest BCUT2D eigenvalue weighted by atomic mass is 15.2. The minimum absolute atomic E-state index is 0.843. The van der Waals surface area contributed by atoms with Gasteiger partial charge in [-0.1, -0.05) is 54.6 Å². The van der Waals surface area contributed by atoms with Crippen molar-refractivity contribution in [2.75, 3.05) is 39.3 Å². The van der Waals surface area contributed by atoms with Gasteiger partial charge in [0.2, 0.25) is 0 Å². The van der Waals surface area contributed by atoms with Gasteiger partial charge in [-0.05, 0) is 89.0 Å². The molecule has 0 spiro atoms. The van der Waals surface area contributed by atoms with E-state index in [1.807, 2.05) is 0 Å². The summed E-state index contributed by atoms with van der Waals surface area (Å²) in [5.41, 5.74) is 16.6. The van der Waals surface area contributed by atoms with Gasteiger partial charge in [0, 0.05) is 130 Å². The molecule has 4 aromatic carbocycles. The zero-order chi connectivity index (χ0) is 35.2. The van der Waals surface area contributed by atoms with Crippen LogP contribution in [0.2, 0.25) is 0 Å². The van der Waals surface area contributed by atoms with Gasteiger partial charge in [0.1, 0.15) is 0 Å². The van der Waals surface area contributed by atoms with Crippen molar-refractivity contribution in [2.45, 2.75) is 60.0 Å². The Kier molecular flexibility index (Phi) is 8.97. The first-order valence-electron chi connectivity index (χ1n) is 19.2. The summed E-state index contributed by atoms with van der Waals surface area (Å²) in [7, 11) is 0. The van der Waals surface area contributed by atoms with Crippen LogP contribution in [0.4, 0.5) is 0 Å². The maximum absolute atomic E-state index is 3.83. The number of rotatable bonds is 0. The lowest BCUT2D eigenvalue weighted by atomic mass is 9.87. The second-order valence-corrected chi connectivity index (χ2v) is 15.1. The van der Waals surface area contributed by atoms with Gasteiger partial charge in [0.15, 0.2) is 0 Å². The third-order valence-electron chi connectivity index (χ3n) is 12.1. The summed E-state index contributed by atoms with van der Waals surface area (Å²) >= 11 is 0. The number of hydrogen-bond donors (Lipinski definition) is 3. The first kappa shape index (κ1) is 33.2. The molecule has 52 heavy (non-hydrogen) atoms. The highest BCUT2D eigenvalue weighted by molar-refractivity contribution is 5.86. The normalized spacial score (nSPS) is 16.7. The summed E-state index contributed by atoms with van der Waals surface area (Å²) in [6.07, 6.45) is 7.24. The molecule has 0 saturated heterocycles. The Bertz CT molecular complexity index is 2120. The van der Waals surface area contributed by atoms with E-state index in [9.17, 15) is 0 Å². The van der Waals surface area contributed by atoms with Crippen LogP contribution in [0.3, 0.4) is 0 Å². The Morgan fingerprint density at radius 2 is 0.731 bits per heavy atom. The predicted octanol–water partition coefficient (Wildman–Crippen LogP) is 7.22. The van der Waals surface area contributed by atoms with Crippen molar-refractivity contribution in [1.82, 2.24) is 34.6 Å². The predicted molar refractivity (Wildman–Crippen MR) is 215 cm³/mol. The minimum Gasteiger partial charge on any atom is -0.343 e. The van der Waals surface area contributed by atoms with Crippen LogP contribution in [0.15, 0.2) is 91.4 Å². The van der Waals surface area contributed by atoms with Gasteiger partial charge in [-0.3, -0.25) is 4.90 Å². The van der Waals surface area contributed by atoms with Crippen LogP contribution < -0.4 is 16.0 Å². The summed E-state index contributed by atoms with van der Waals surface area (Å²) in [5.74, 6) is 0. The van der Waals surface area contributed by atoms with Crippen LogP contribution >= 0.6 is 0 Å². The fourth-order valence-corrected chi connectivity index (χ4v) is 9.11. The van der Waals surface area contributed by atoms with E-state index in [1.54, 1.807) is 0 Å². The summed E-state index contributed by atoms with van der Waals surface area (Å²) in [6.45, 7) is 18.1. The summed E-state index contributed by atoms with van der Waals surface area (Å²) in [4.78, 5) is 2.61. The number of fused-ring (bicyclic) bond motifs is 12. The molecular weight excluding hydrogens is 639 g/mol. The summed E-state index contributed by atoms with van der Waals surface area (Å²) in [5, 5.41) is 15.5. The van der Waals surface area contributed by atoms with E-state index in [-0.39, 0.29) is 0 Å². The molecule has 3 aliphatic heterocycles. The third kappa shape index (κ3) is 6.05. The lowest BCUT2D eigenvalue weighted by molar-refractivity contribution is 0.271. The molecule has 0 atom stereocenters. The number of nitrogens with zero attached hydrogens (tertiary/aromatic N) is 4. The molecule has 0 unspecified atom stereocenters. The van der Waals surface area contributed by atoms with E-state index in [0.717, 1.165) is 78.5 Å². The molecule has 0 fully saturated rings. The Morgan fingerprint density at radius 1 is 0.423 bits per heavy atom. The first-order valence-corrected chi connectivity index (χ1v) is 19.2. The quantitative estimate of drug-likeness (QED) is 0.158. The Morgan fingerprint density at radius 3 is 1.06 bits per heavy atom. The van der Waals surface area contributed by atoms with Gasteiger partial charge >= 0.3 is 0 Å². The lowest BCUT2D eigenvalue weighted by Crippen LogP contribution is -2.40. The largest absolute Gasteiger partial charge is 0.343 e. The van der Waals surface area contributed by atoms with Crippen LogP contribution in [0.25, 0.3) is 32.7 Å². The molecule has 10 bridgehead atoms. The van der Waals surface area contributed by atoms with Crippen LogP contribution in [0, 0.1) is 20.8 Å². The molecule has 0 aliphatic carbocycles. The van der Waals surface area contributed by atoms with Crippen molar-refractivity contribution in [2.24, 2.45) is 0 Å². The zero-order valence-corrected chi connectivity index (χ0v) is 30.9. The molecule has 3 N–H and O–H groups in total. The van der Waals surface area contributed by atoms with E-state index in [4.69, 9.17) is 0 Å². The Balaban J connectivity index is 1.27. The molecule has 7 aromatic rings. The minimum atomic E-state index is 0.843. The summed E-state index contributed by atoms with van der Waals surface area (Å²) < 4.78 is 7.53. The molecule has 10 rings (SSSR count). The molecule has 3 aromatic heterocycles. The van der Waals surface area contributed by atoms with Gasteiger partial charge in [-0.2, -0.15) is 0 Å². The monoisotopic (exact) mass is 689 g/mol. The van der Waals surface area contributed by atoms with Gasteiger partial charge in [0.05, 0.1) is 0 Å². The van der Waals surface area contributed by atoms with Crippen molar-refractivity contribution >= 4 is 32.7 Å². The zero-order valence-electron chi connectivity index (χ0n) is 30.9. The fourth-order valence-electron chi connectivity index (χ4n) is 9.11. The molecule has 0 saturated carbocycles. The maximum atomic E-state index is 3.83. The number of para-hydroxylation sites is 3. The maximum Gasteiger partial charge on any atom is 0.0486 e. The highest BCUT2D eigenvalue weighted by Gasteiger charge is 2.22. The summed E-state index contributed by atoms with van der Waals surface area (Å²) in [6, 6.07) is 26.9. The molecule has 266 valence electrons. The molecule has 3 aliphatic rings. The van der Waals surface area contributed by atoms with Gasteiger partial charge in [-0.15, -0.1) is 0 Å². The molecular formula is C45H51N7. The van der Waals surface area contributed by atoms with E-state index in [2.05, 4.69) is 147 Å². The van der Waals surface area contributed by atoms with Crippen LogP contribution in [-0.2, 0) is 39.3 Å². The number of aromatic nitrogens is 3. The second-order valence-electron chi connectivity index (χ2n) is 15.1. The van der Waals surface area contributed by atoms with Crippen molar-refractivity contribution in [3.05, 3.63) is 141 Å². The SMILES string of the molecule is Cc1c2c(C)c3c(C)c1Cn1cc(c4ccccc41)CNCCN(CCNCc1cn(c4ccccc14)C2)CCNCc1cn(c2ccccc12)C3. The number of nitrogens with one attached hydrogen (secondary N) is 3. The topological polar surface area (TPSA) is 54.1 Å². The molecule has 7 heteroatoms. The molecule has 0 radical (unpaired) electrons. The van der Waals surface area contributed by atoms with Gasteiger partial charge < -0.3 is 29.7 Å². The highest BCUT2D eigenvalue weighted by Crippen LogP contribution is 2.34. The Hall–Kier alpha value is -4.66. The van der Waals surface area contributed by atoms with Gasteiger partial charge in [0.25, 0.3) is 0 Å². The molecule has 7 nitrogen and oxygen atoms in total. The first-order chi connectivity index (χ1) is 25.5. The van der Waals surface area contributed by atoms with E-state index >= 15 is 0 Å². The number of hydrogen-bond acceptors (Lipinski definition) is 4. The van der Waals surface area contributed by atoms with Crippen LogP contribution in [0.1, 0.15) is 50.1 Å². The van der Waals surface area contributed by atoms with E-state index in [0.29, 0.717) is 0 Å². The van der Waals surface area contributed by atoms with Crippen molar-refractivity contribution in [3.8, 4) is 0 Å². The van der Waals surface area contributed by atoms with E-state index < -0.39 is 0 Å². The number of benzene rings is 4. The van der Waals surface area contributed by atoms with E-state index in [1.165, 1.54) is 82.8 Å². The van der Waals surface area contributed by atoms with Crippen LogP contribution in [0.5, 0.6) is 0 Å².